The smallest absolute Gasteiger partial charge is 0.0671 e. The quantitative estimate of drug-likeness (QED) is 0.808. The SMILES string of the molecule is CC=C1CN2CCC34C(=Nc5ccccc53)C2CC1C4CO. The van der Waals surface area contributed by atoms with Crippen LogP contribution in [0.25, 0.3) is 0 Å². The molecule has 22 heavy (non-hydrogen) atoms. The maximum absolute atomic E-state index is 10.3. The van der Waals surface area contributed by atoms with Crippen LogP contribution in [0.1, 0.15) is 25.3 Å². The van der Waals surface area contributed by atoms with Crippen LogP contribution in [-0.2, 0) is 5.41 Å². The number of fused-ring (bicyclic) bond motifs is 2. The lowest BCUT2D eigenvalue weighted by Gasteiger charge is -2.60. The molecule has 1 aliphatic carbocycles. The van der Waals surface area contributed by atoms with Crippen LogP contribution in [0, 0.1) is 11.8 Å². The Morgan fingerprint density at radius 3 is 3.09 bits per heavy atom. The minimum Gasteiger partial charge on any atom is -0.396 e. The number of aliphatic imine (C=N–C) groups is 1. The van der Waals surface area contributed by atoms with Crippen LogP contribution in [0.4, 0.5) is 5.69 Å². The molecular weight excluding hydrogens is 272 g/mol. The summed E-state index contributed by atoms with van der Waals surface area (Å²) >= 11 is 0. The third kappa shape index (κ3) is 1.33. The molecule has 0 spiro atoms. The molecule has 114 valence electrons. The summed E-state index contributed by atoms with van der Waals surface area (Å²) in [7, 11) is 0. The van der Waals surface area contributed by atoms with Crippen molar-refractivity contribution < 1.29 is 5.11 Å². The van der Waals surface area contributed by atoms with Crippen molar-refractivity contribution >= 4 is 11.4 Å². The molecular formula is C19H22N2O. The van der Waals surface area contributed by atoms with Gasteiger partial charge in [0.05, 0.1) is 5.69 Å². The normalized spacial score (nSPS) is 40.5. The number of nitrogens with zero attached hydrogens (tertiary/aromatic N) is 2. The molecule has 4 atom stereocenters. The third-order valence-corrected chi connectivity index (χ3v) is 6.66. The van der Waals surface area contributed by atoms with Crippen molar-refractivity contribution in [3.05, 3.63) is 41.5 Å². The minimum atomic E-state index is -0.00981. The molecule has 3 heteroatoms. The fourth-order valence-electron chi connectivity index (χ4n) is 5.72. The van der Waals surface area contributed by atoms with Crippen LogP contribution in [0.3, 0.4) is 0 Å². The molecule has 3 nitrogen and oxygen atoms in total. The average Bonchev–Trinajstić information content (AvgIpc) is 2.90. The van der Waals surface area contributed by atoms with E-state index < -0.39 is 0 Å². The van der Waals surface area contributed by atoms with Crippen LogP contribution in [0.15, 0.2) is 40.9 Å². The zero-order chi connectivity index (χ0) is 14.9. The Balaban J connectivity index is 1.77. The van der Waals surface area contributed by atoms with Crippen molar-refractivity contribution in [2.45, 2.75) is 31.2 Å². The number of rotatable bonds is 1. The van der Waals surface area contributed by atoms with Crippen LogP contribution >= 0.6 is 0 Å². The number of allylic oxidation sites excluding steroid dienone is 1. The molecule has 1 saturated carbocycles. The summed E-state index contributed by atoms with van der Waals surface area (Å²) < 4.78 is 0. The number of piperidine rings is 2. The Morgan fingerprint density at radius 1 is 1.41 bits per heavy atom. The largest absolute Gasteiger partial charge is 0.396 e. The van der Waals surface area contributed by atoms with Crippen LogP contribution in [0.5, 0.6) is 0 Å². The molecule has 3 aliphatic heterocycles. The predicted octanol–water partition coefficient (Wildman–Crippen LogP) is 2.67. The number of aliphatic hydroxyl groups excluding tert-OH is 1. The minimum absolute atomic E-state index is 0.00981. The van der Waals surface area contributed by atoms with Crippen LogP contribution < -0.4 is 0 Å². The van der Waals surface area contributed by atoms with E-state index >= 15 is 0 Å². The summed E-state index contributed by atoms with van der Waals surface area (Å²) in [5, 5.41) is 10.3. The Kier molecular flexibility index (Phi) is 2.55. The first-order valence-corrected chi connectivity index (χ1v) is 8.48. The van der Waals surface area contributed by atoms with Gasteiger partial charge in [0.15, 0.2) is 0 Å². The van der Waals surface area contributed by atoms with E-state index in [0.717, 1.165) is 31.6 Å². The highest BCUT2D eigenvalue weighted by atomic mass is 16.3. The Labute approximate surface area is 131 Å². The van der Waals surface area contributed by atoms with Gasteiger partial charge in [0, 0.05) is 42.8 Å². The highest BCUT2D eigenvalue weighted by Gasteiger charge is 2.62. The number of para-hydroxylation sites is 1. The average molecular weight is 294 g/mol. The van der Waals surface area contributed by atoms with E-state index in [1.54, 1.807) is 0 Å². The first-order chi connectivity index (χ1) is 10.8. The second-order valence-electron chi connectivity index (χ2n) is 7.22. The van der Waals surface area contributed by atoms with Crippen molar-refractivity contribution in [1.29, 1.82) is 0 Å². The van der Waals surface area contributed by atoms with Gasteiger partial charge in [0.2, 0.25) is 0 Å². The zero-order valence-corrected chi connectivity index (χ0v) is 13.0. The van der Waals surface area contributed by atoms with Gasteiger partial charge in [-0.1, -0.05) is 29.8 Å². The van der Waals surface area contributed by atoms with Gasteiger partial charge in [0.25, 0.3) is 0 Å². The maximum Gasteiger partial charge on any atom is 0.0671 e. The van der Waals surface area contributed by atoms with Gasteiger partial charge < -0.3 is 5.11 Å². The van der Waals surface area contributed by atoms with E-state index in [1.807, 2.05) is 0 Å². The van der Waals surface area contributed by atoms with E-state index in [1.165, 1.54) is 16.8 Å². The van der Waals surface area contributed by atoms with Crippen molar-refractivity contribution in [3.8, 4) is 0 Å². The molecule has 0 amide bonds. The summed E-state index contributed by atoms with van der Waals surface area (Å²) in [6.45, 7) is 4.61. The molecule has 4 unspecified atom stereocenters. The van der Waals surface area contributed by atoms with E-state index in [9.17, 15) is 5.11 Å². The molecule has 3 fully saturated rings. The number of hydrogen-bond donors (Lipinski definition) is 1. The van der Waals surface area contributed by atoms with Gasteiger partial charge in [-0.15, -0.1) is 0 Å². The number of benzene rings is 1. The van der Waals surface area contributed by atoms with Crippen LogP contribution in [0.2, 0.25) is 0 Å². The summed E-state index contributed by atoms with van der Waals surface area (Å²) in [5.74, 6) is 0.807. The molecule has 3 bridgehead atoms. The Bertz CT molecular complexity index is 707. The highest BCUT2D eigenvalue weighted by Crippen LogP contribution is 2.59. The van der Waals surface area contributed by atoms with Gasteiger partial charge >= 0.3 is 0 Å². The monoisotopic (exact) mass is 294 g/mol. The van der Waals surface area contributed by atoms with Gasteiger partial charge in [-0.25, -0.2) is 0 Å². The second kappa shape index (κ2) is 4.30. The lowest BCUT2D eigenvalue weighted by Crippen LogP contribution is -2.68. The molecule has 1 aromatic rings. The number of aliphatic hydroxyl groups is 1. The molecule has 1 N–H and O–H groups in total. The summed E-state index contributed by atoms with van der Waals surface area (Å²) in [6.07, 6.45) is 4.54. The van der Waals surface area contributed by atoms with E-state index in [-0.39, 0.29) is 12.0 Å². The lowest BCUT2D eigenvalue weighted by molar-refractivity contribution is 0.0292. The second-order valence-corrected chi connectivity index (χ2v) is 7.22. The standard InChI is InChI=1S/C19H22N2O/c1-2-12-10-21-8-7-19-14-5-3-4-6-16(14)20-18(19)17(21)9-13(12)15(19)11-22/h2-6,13,15,17,22H,7-11H2,1H3. The van der Waals surface area contributed by atoms with E-state index in [2.05, 4.69) is 42.2 Å². The van der Waals surface area contributed by atoms with Gasteiger partial charge in [0.1, 0.15) is 0 Å². The Morgan fingerprint density at radius 2 is 2.27 bits per heavy atom. The molecule has 4 aliphatic rings. The van der Waals surface area contributed by atoms with Gasteiger partial charge in [-0.05, 0) is 37.3 Å². The predicted molar refractivity (Wildman–Crippen MR) is 87.6 cm³/mol. The van der Waals surface area contributed by atoms with Crippen LogP contribution in [-0.4, -0.2) is 41.5 Å². The highest BCUT2D eigenvalue weighted by molar-refractivity contribution is 6.07. The first kappa shape index (κ1) is 13.0. The van der Waals surface area contributed by atoms with Gasteiger partial charge in [-0.3, -0.25) is 9.89 Å². The molecule has 5 rings (SSSR count). The summed E-state index contributed by atoms with van der Waals surface area (Å²) in [4.78, 5) is 7.67. The molecule has 1 aromatic carbocycles. The van der Waals surface area contributed by atoms with E-state index in [0.29, 0.717) is 17.9 Å². The zero-order valence-electron chi connectivity index (χ0n) is 13.0. The first-order valence-electron chi connectivity index (χ1n) is 8.48. The summed E-state index contributed by atoms with van der Waals surface area (Å²) in [5.41, 5.74) is 5.38. The van der Waals surface area contributed by atoms with Crippen molar-refractivity contribution in [3.63, 3.8) is 0 Å². The van der Waals surface area contributed by atoms with E-state index in [4.69, 9.17) is 4.99 Å². The topological polar surface area (TPSA) is 35.8 Å². The van der Waals surface area contributed by atoms with Crippen molar-refractivity contribution in [2.24, 2.45) is 16.8 Å². The fraction of sp³-hybridized carbons (Fsp3) is 0.526. The van der Waals surface area contributed by atoms with Crippen molar-refractivity contribution in [1.82, 2.24) is 4.90 Å². The molecule has 2 saturated heterocycles. The molecule has 0 radical (unpaired) electrons. The molecule has 0 aromatic heterocycles. The summed E-state index contributed by atoms with van der Waals surface area (Å²) in [6, 6.07) is 9.10. The fourth-order valence-corrected chi connectivity index (χ4v) is 5.72. The number of hydrogen-bond acceptors (Lipinski definition) is 3. The molecule has 3 heterocycles. The van der Waals surface area contributed by atoms with Crippen molar-refractivity contribution in [2.75, 3.05) is 19.7 Å². The van der Waals surface area contributed by atoms with Gasteiger partial charge in [-0.2, -0.15) is 0 Å². The third-order valence-electron chi connectivity index (χ3n) is 6.66. The Hall–Kier alpha value is -1.45. The lowest BCUT2D eigenvalue weighted by atomic mass is 9.51. The maximum atomic E-state index is 10.3.